The molecule has 1 aliphatic carbocycles. The van der Waals surface area contributed by atoms with E-state index in [9.17, 15) is 4.39 Å². The Hall–Kier alpha value is -1.00. The van der Waals surface area contributed by atoms with Crippen LogP contribution in [0.5, 0.6) is 0 Å². The Labute approximate surface area is 95.0 Å². The molecule has 16 heavy (non-hydrogen) atoms. The van der Waals surface area contributed by atoms with Gasteiger partial charge in [-0.3, -0.25) is 4.98 Å². The fourth-order valence-electron chi connectivity index (χ4n) is 2.24. The third-order valence-corrected chi connectivity index (χ3v) is 3.09. The minimum atomic E-state index is -0.283. The van der Waals surface area contributed by atoms with Gasteiger partial charge in [-0.15, -0.1) is 0 Å². The van der Waals surface area contributed by atoms with Crippen molar-refractivity contribution < 1.29 is 9.13 Å². The SMILES string of the molecule is COC1CCCC1NCc1cncc(F)c1. The van der Waals surface area contributed by atoms with E-state index in [4.69, 9.17) is 4.74 Å². The highest BCUT2D eigenvalue weighted by Crippen LogP contribution is 2.21. The summed E-state index contributed by atoms with van der Waals surface area (Å²) in [5, 5.41) is 3.39. The van der Waals surface area contributed by atoms with Gasteiger partial charge in [0, 0.05) is 25.9 Å². The molecule has 1 heterocycles. The Kier molecular flexibility index (Phi) is 3.85. The zero-order valence-corrected chi connectivity index (χ0v) is 9.45. The standard InChI is InChI=1S/C12H17FN2O/c1-16-12-4-2-3-11(12)15-7-9-5-10(13)8-14-6-9/h5-6,8,11-12,15H,2-4,7H2,1H3. The Balaban J connectivity index is 1.87. The van der Waals surface area contributed by atoms with E-state index in [-0.39, 0.29) is 5.82 Å². The van der Waals surface area contributed by atoms with Gasteiger partial charge in [-0.2, -0.15) is 0 Å². The average molecular weight is 224 g/mol. The Morgan fingerprint density at radius 2 is 2.38 bits per heavy atom. The van der Waals surface area contributed by atoms with Crippen molar-refractivity contribution in [2.45, 2.75) is 38.0 Å². The third-order valence-electron chi connectivity index (χ3n) is 3.09. The molecule has 0 aliphatic heterocycles. The van der Waals surface area contributed by atoms with Gasteiger partial charge in [0.05, 0.1) is 12.3 Å². The molecule has 1 aliphatic rings. The molecule has 2 unspecified atom stereocenters. The maximum absolute atomic E-state index is 12.9. The smallest absolute Gasteiger partial charge is 0.141 e. The first-order chi connectivity index (χ1) is 7.79. The topological polar surface area (TPSA) is 34.1 Å². The summed E-state index contributed by atoms with van der Waals surface area (Å²) >= 11 is 0. The summed E-state index contributed by atoms with van der Waals surface area (Å²) in [4.78, 5) is 3.82. The van der Waals surface area contributed by atoms with Crippen molar-refractivity contribution in [2.75, 3.05) is 7.11 Å². The van der Waals surface area contributed by atoms with Crippen LogP contribution in [0.15, 0.2) is 18.5 Å². The van der Waals surface area contributed by atoms with E-state index in [1.165, 1.54) is 18.7 Å². The van der Waals surface area contributed by atoms with Crippen LogP contribution in [0.25, 0.3) is 0 Å². The number of aromatic nitrogens is 1. The second-order valence-corrected chi connectivity index (χ2v) is 4.20. The first kappa shape index (κ1) is 11.5. The van der Waals surface area contributed by atoms with Gasteiger partial charge in [0.2, 0.25) is 0 Å². The van der Waals surface area contributed by atoms with Crippen LogP contribution in [0.3, 0.4) is 0 Å². The zero-order chi connectivity index (χ0) is 11.4. The number of halogens is 1. The predicted molar refractivity (Wildman–Crippen MR) is 59.5 cm³/mol. The fraction of sp³-hybridized carbons (Fsp3) is 0.583. The van der Waals surface area contributed by atoms with Crippen LogP contribution in [0.4, 0.5) is 4.39 Å². The van der Waals surface area contributed by atoms with E-state index in [1.54, 1.807) is 13.3 Å². The number of methoxy groups -OCH3 is 1. The molecule has 2 atom stereocenters. The van der Waals surface area contributed by atoms with E-state index < -0.39 is 0 Å². The molecule has 1 fully saturated rings. The van der Waals surface area contributed by atoms with E-state index in [0.29, 0.717) is 18.7 Å². The lowest BCUT2D eigenvalue weighted by atomic mass is 10.2. The van der Waals surface area contributed by atoms with E-state index >= 15 is 0 Å². The van der Waals surface area contributed by atoms with Gasteiger partial charge in [0.15, 0.2) is 0 Å². The highest BCUT2D eigenvalue weighted by Gasteiger charge is 2.26. The molecular weight excluding hydrogens is 207 g/mol. The third kappa shape index (κ3) is 2.77. The Morgan fingerprint density at radius 1 is 1.50 bits per heavy atom. The average Bonchev–Trinajstić information content (AvgIpc) is 2.74. The maximum Gasteiger partial charge on any atom is 0.141 e. The second kappa shape index (κ2) is 5.37. The summed E-state index contributed by atoms with van der Waals surface area (Å²) in [5.41, 5.74) is 0.877. The van der Waals surface area contributed by atoms with E-state index in [1.807, 2.05) is 0 Å². The molecule has 0 amide bonds. The normalized spacial score (nSPS) is 24.9. The van der Waals surface area contributed by atoms with Gasteiger partial charge in [0.25, 0.3) is 0 Å². The number of hydrogen-bond acceptors (Lipinski definition) is 3. The summed E-state index contributed by atoms with van der Waals surface area (Å²) in [7, 11) is 1.74. The highest BCUT2D eigenvalue weighted by atomic mass is 19.1. The number of hydrogen-bond donors (Lipinski definition) is 1. The van der Waals surface area contributed by atoms with Gasteiger partial charge in [-0.25, -0.2) is 4.39 Å². The summed E-state index contributed by atoms with van der Waals surface area (Å²) in [6.45, 7) is 0.648. The van der Waals surface area contributed by atoms with Crippen molar-refractivity contribution in [3.8, 4) is 0 Å². The van der Waals surface area contributed by atoms with Crippen LogP contribution in [0, 0.1) is 5.82 Å². The molecule has 1 saturated carbocycles. The van der Waals surface area contributed by atoms with Crippen LogP contribution in [0.1, 0.15) is 24.8 Å². The molecule has 3 nitrogen and oxygen atoms in total. The molecule has 0 bridgehead atoms. The lowest BCUT2D eigenvalue weighted by Crippen LogP contribution is -2.36. The Morgan fingerprint density at radius 3 is 3.12 bits per heavy atom. The molecule has 0 radical (unpaired) electrons. The predicted octanol–water partition coefficient (Wildman–Crippen LogP) is 1.88. The number of nitrogens with one attached hydrogen (secondary N) is 1. The van der Waals surface area contributed by atoms with Crippen LogP contribution in [-0.2, 0) is 11.3 Å². The quantitative estimate of drug-likeness (QED) is 0.848. The van der Waals surface area contributed by atoms with Gasteiger partial charge in [-0.1, -0.05) is 0 Å². The van der Waals surface area contributed by atoms with Crippen molar-refractivity contribution in [1.29, 1.82) is 0 Å². The summed E-state index contributed by atoms with van der Waals surface area (Å²) in [5.74, 6) is -0.283. The van der Waals surface area contributed by atoms with Crippen LogP contribution < -0.4 is 5.32 Å². The minimum absolute atomic E-state index is 0.283. The zero-order valence-electron chi connectivity index (χ0n) is 9.45. The lowest BCUT2D eigenvalue weighted by Gasteiger charge is -2.19. The number of pyridine rings is 1. The number of rotatable bonds is 4. The molecule has 2 rings (SSSR count). The first-order valence-electron chi connectivity index (χ1n) is 5.65. The molecule has 88 valence electrons. The molecule has 0 saturated heterocycles. The van der Waals surface area contributed by atoms with Crippen molar-refractivity contribution in [2.24, 2.45) is 0 Å². The lowest BCUT2D eigenvalue weighted by molar-refractivity contribution is 0.0847. The van der Waals surface area contributed by atoms with Crippen LogP contribution in [-0.4, -0.2) is 24.2 Å². The molecule has 0 aromatic carbocycles. The molecular formula is C12H17FN2O. The van der Waals surface area contributed by atoms with Gasteiger partial charge >= 0.3 is 0 Å². The van der Waals surface area contributed by atoms with Crippen molar-refractivity contribution in [3.63, 3.8) is 0 Å². The van der Waals surface area contributed by atoms with Crippen LogP contribution >= 0.6 is 0 Å². The van der Waals surface area contributed by atoms with Crippen molar-refractivity contribution in [3.05, 3.63) is 29.8 Å². The molecule has 1 aromatic heterocycles. The molecule has 1 aromatic rings. The number of nitrogens with zero attached hydrogens (tertiary/aromatic N) is 1. The molecule has 4 heteroatoms. The largest absolute Gasteiger partial charge is 0.380 e. The number of ether oxygens (including phenoxy) is 1. The molecule has 1 N–H and O–H groups in total. The van der Waals surface area contributed by atoms with E-state index in [2.05, 4.69) is 10.3 Å². The second-order valence-electron chi connectivity index (χ2n) is 4.20. The summed E-state index contributed by atoms with van der Waals surface area (Å²) in [6.07, 6.45) is 6.62. The van der Waals surface area contributed by atoms with Gasteiger partial charge in [0.1, 0.15) is 5.82 Å². The summed E-state index contributed by atoms with van der Waals surface area (Å²) < 4.78 is 18.3. The monoisotopic (exact) mass is 224 g/mol. The van der Waals surface area contributed by atoms with Crippen molar-refractivity contribution in [1.82, 2.24) is 10.3 Å². The minimum Gasteiger partial charge on any atom is -0.380 e. The maximum atomic E-state index is 12.9. The summed E-state index contributed by atoms with van der Waals surface area (Å²) in [6, 6.07) is 1.89. The Bertz CT molecular complexity index is 346. The van der Waals surface area contributed by atoms with Crippen molar-refractivity contribution >= 4 is 0 Å². The fourth-order valence-corrected chi connectivity index (χ4v) is 2.24. The van der Waals surface area contributed by atoms with Gasteiger partial charge in [-0.05, 0) is 30.9 Å². The highest BCUT2D eigenvalue weighted by molar-refractivity contribution is 5.10. The first-order valence-corrected chi connectivity index (χ1v) is 5.65. The molecule has 0 spiro atoms. The van der Waals surface area contributed by atoms with Crippen LogP contribution in [0.2, 0.25) is 0 Å². The van der Waals surface area contributed by atoms with Gasteiger partial charge < -0.3 is 10.1 Å². The van der Waals surface area contributed by atoms with E-state index in [0.717, 1.165) is 18.4 Å².